The second-order valence-electron chi connectivity index (χ2n) is 6.59. The van der Waals surface area contributed by atoms with Crippen LogP contribution in [0.15, 0.2) is 12.1 Å². The molecule has 0 radical (unpaired) electrons. The maximum Gasteiger partial charge on any atom is 0.410 e. The third kappa shape index (κ3) is 4.60. The lowest BCUT2D eigenvalue weighted by atomic mass is 10.0. The summed E-state index contributed by atoms with van der Waals surface area (Å²) in [6, 6.07) is 0.976. The molecule has 7 heteroatoms. The number of ether oxygens (including phenoxy) is 1. The van der Waals surface area contributed by atoms with Crippen LogP contribution in [-0.2, 0) is 11.2 Å². The molecule has 1 aliphatic heterocycles. The van der Waals surface area contributed by atoms with E-state index in [0.717, 1.165) is 6.07 Å². The fraction of sp³-hybridized carbons (Fsp3) is 0.562. The van der Waals surface area contributed by atoms with Gasteiger partial charge in [0.2, 0.25) is 0 Å². The maximum atomic E-state index is 13.8. The van der Waals surface area contributed by atoms with Gasteiger partial charge in [-0.15, -0.1) is 0 Å². The molecular formula is C16H21F3N2O2. The van der Waals surface area contributed by atoms with Crippen molar-refractivity contribution in [2.45, 2.75) is 38.8 Å². The molecule has 0 saturated carbocycles. The number of hydrogen-bond donors (Lipinski definition) is 1. The summed E-state index contributed by atoms with van der Waals surface area (Å²) >= 11 is 0. The monoisotopic (exact) mass is 330 g/mol. The standard InChI is InChI=1S/C16H21F3N2O2/c1-16(2,3)23-15(22)21-5-4-20-9-11(21)6-10-7-13(18)14(19)8-12(10)17/h7-8,11,20H,4-6,9H2,1-3H3. The van der Waals surface area contributed by atoms with Crippen molar-refractivity contribution in [3.63, 3.8) is 0 Å². The van der Waals surface area contributed by atoms with Gasteiger partial charge in [0.15, 0.2) is 11.6 Å². The molecule has 1 N–H and O–H groups in total. The molecular weight excluding hydrogens is 309 g/mol. The van der Waals surface area contributed by atoms with Crippen molar-refractivity contribution in [3.8, 4) is 0 Å². The van der Waals surface area contributed by atoms with Crippen molar-refractivity contribution >= 4 is 6.09 Å². The van der Waals surface area contributed by atoms with Gasteiger partial charge in [0.1, 0.15) is 11.4 Å². The van der Waals surface area contributed by atoms with Crippen molar-refractivity contribution in [3.05, 3.63) is 35.1 Å². The second kappa shape index (κ2) is 6.78. The summed E-state index contributed by atoms with van der Waals surface area (Å²) < 4.78 is 45.5. The third-order valence-corrected chi connectivity index (χ3v) is 3.52. The second-order valence-corrected chi connectivity index (χ2v) is 6.59. The maximum absolute atomic E-state index is 13.8. The molecule has 4 nitrogen and oxygen atoms in total. The Morgan fingerprint density at radius 2 is 1.91 bits per heavy atom. The molecule has 23 heavy (non-hydrogen) atoms. The highest BCUT2D eigenvalue weighted by molar-refractivity contribution is 5.68. The van der Waals surface area contributed by atoms with Gasteiger partial charge in [0.05, 0.1) is 6.04 Å². The van der Waals surface area contributed by atoms with Gasteiger partial charge in [-0.25, -0.2) is 18.0 Å². The van der Waals surface area contributed by atoms with Crippen LogP contribution in [0.2, 0.25) is 0 Å². The summed E-state index contributed by atoms with van der Waals surface area (Å²) in [5, 5.41) is 3.11. The van der Waals surface area contributed by atoms with Gasteiger partial charge in [-0.3, -0.25) is 0 Å². The molecule has 128 valence electrons. The Balaban J connectivity index is 2.16. The predicted octanol–water partition coefficient (Wildman–Crippen LogP) is 2.86. The Bertz CT molecular complexity index is 587. The number of halogens is 3. The highest BCUT2D eigenvalue weighted by atomic mass is 19.2. The summed E-state index contributed by atoms with van der Waals surface area (Å²) in [4.78, 5) is 13.8. The van der Waals surface area contributed by atoms with Crippen molar-refractivity contribution < 1.29 is 22.7 Å². The predicted molar refractivity (Wildman–Crippen MR) is 79.6 cm³/mol. The van der Waals surface area contributed by atoms with Gasteiger partial charge in [-0.2, -0.15) is 0 Å². The van der Waals surface area contributed by atoms with Gasteiger partial charge < -0.3 is 15.0 Å². The van der Waals surface area contributed by atoms with E-state index < -0.39 is 35.2 Å². The van der Waals surface area contributed by atoms with Crippen molar-refractivity contribution in [2.75, 3.05) is 19.6 Å². The normalized spacial score (nSPS) is 18.9. The van der Waals surface area contributed by atoms with E-state index >= 15 is 0 Å². The lowest BCUT2D eigenvalue weighted by molar-refractivity contribution is 0.0121. The molecule has 1 amide bonds. The van der Waals surface area contributed by atoms with Gasteiger partial charge in [0, 0.05) is 25.7 Å². The van der Waals surface area contributed by atoms with Gasteiger partial charge in [-0.1, -0.05) is 0 Å². The van der Waals surface area contributed by atoms with Crippen LogP contribution < -0.4 is 5.32 Å². The first-order valence-corrected chi connectivity index (χ1v) is 7.51. The Morgan fingerprint density at radius 1 is 1.26 bits per heavy atom. The largest absolute Gasteiger partial charge is 0.444 e. The van der Waals surface area contributed by atoms with E-state index in [9.17, 15) is 18.0 Å². The van der Waals surface area contributed by atoms with E-state index in [1.54, 1.807) is 20.8 Å². The molecule has 1 heterocycles. The number of nitrogens with zero attached hydrogens (tertiary/aromatic N) is 1. The Kier molecular flexibility index (Phi) is 5.19. The molecule has 1 atom stereocenters. The Hall–Kier alpha value is -1.76. The number of carbonyl (C=O) groups is 1. The van der Waals surface area contributed by atoms with Crippen LogP contribution in [0, 0.1) is 17.5 Å². The number of nitrogens with one attached hydrogen (secondary N) is 1. The Morgan fingerprint density at radius 3 is 2.57 bits per heavy atom. The zero-order valence-electron chi connectivity index (χ0n) is 13.5. The average molecular weight is 330 g/mol. The zero-order chi connectivity index (χ0) is 17.2. The lowest BCUT2D eigenvalue weighted by Gasteiger charge is -2.37. The first-order valence-electron chi connectivity index (χ1n) is 7.51. The molecule has 1 aromatic rings. The molecule has 1 saturated heterocycles. The van der Waals surface area contributed by atoms with Crippen molar-refractivity contribution in [1.82, 2.24) is 10.2 Å². The summed E-state index contributed by atoms with van der Waals surface area (Å²) in [5.41, 5.74) is -0.606. The van der Waals surface area contributed by atoms with Gasteiger partial charge in [-0.05, 0) is 38.8 Å². The minimum atomic E-state index is -1.22. The summed E-state index contributed by atoms with van der Waals surface area (Å²) in [6.45, 7) is 6.71. The van der Waals surface area contributed by atoms with Crippen molar-refractivity contribution in [1.29, 1.82) is 0 Å². The van der Waals surface area contributed by atoms with E-state index in [-0.39, 0.29) is 12.0 Å². The first kappa shape index (κ1) is 17.6. The van der Waals surface area contributed by atoms with E-state index in [4.69, 9.17) is 4.74 Å². The number of benzene rings is 1. The van der Waals surface area contributed by atoms with E-state index in [0.29, 0.717) is 25.7 Å². The average Bonchev–Trinajstić information content (AvgIpc) is 2.43. The molecule has 0 aliphatic carbocycles. The molecule has 0 aromatic heterocycles. The van der Waals surface area contributed by atoms with E-state index in [2.05, 4.69) is 5.32 Å². The summed E-state index contributed by atoms with van der Waals surface area (Å²) in [7, 11) is 0. The molecule has 2 rings (SSSR count). The Labute approximate surface area is 133 Å². The van der Waals surface area contributed by atoms with Crippen LogP contribution in [0.25, 0.3) is 0 Å². The minimum Gasteiger partial charge on any atom is -0.444 e. The van der Waals surface area contributed by atoms with Crippen LogP contribution in [0.3, 0.4) is 0 Å². The molecule has 1 unspecified atom stereocenters. The first-order chi connectivity index (χ1) is 10.7. The zero-order valence-corrected chi connectivity index (χ0v) is 13.5. The van der Waals surface area contributed by atoms with Crippen molar-refractivity contribution in [2.24, 2.45) is 0 Å². The molecule has 0 spiro atoms. The van der Waals surface area contributed by atoms with Crippen LogP contribution in [0.4, 0.5) is 18.0 Å². The highest BCUT2D eigenvalue weighted by Crippen LogP contribution is 2.20. The van der Waals surface area contributed by atoms with Gasteiger partial charge >= 0.3 is 6.09 Å². The molecule has 1 aliphatic rings. The number of carbonyl (C=O) groups excluding carboxylic acids is 1. The van der Waals surface area contributed by atoms with Crippen LogP contribution >= 0.6 is 0 Å². The fourth-order valence-electron chi connectivity index (χ4n) is 2.48. The number of piperazine rings is 1. The number of hydrogen-bond acceptors (Lipinski definition) is 3. The van der Waals surface area contributed by atoms with Crippen LogP contribution in [-0.4, -0.2) is 42.3 Å². The molecule has 1 fully saturated rings. The quantitative estimate of drug-likeness (QED) is 0.848. The minimum absolute atomic E-state index is 0.0335. The summed E-state index contributed by atoms with van der Waals surface area (Å²) in [6.07, 6.45) is -0.415. The number of rotatable bonds is 2. The lowest BCUT2D eigenvalue weighted by Crippen LogP contribution is -2.55. The SMILES string of the molecule is CC(C)(C)OC(=O)N1CCNCC1Cc1cc(F)c(F)cc1F. The highest BCUT2D eigenvalue weighted by Gasteiger charge is 2.31. The van der Waals surface area contributed by atoms with E-state index in [1.165, 1.54) is 4.90 Å². The molecule has 0 bridgehead atoms. The third-order valence-electron chi connectivity index (χ3n) is 3.52. The fourth-order valence-corrected chi connectivity index (χ4v) is 2.48. The van der Waals surface area contributed by atoms with Crippen LogP contribution in [0.5, 0.6) is 0 Å². The molecule has 1 aromatic carbocycles. The van der Waals surface area contributed by atoms with Crippen LogP contribution in [0.1, 0.15) is 26.3 Å². The smallest absolute Gasteiger partial charge is 0.410 e. The topological polar surface area (TPSA) is 41.6 Å². The van der Waals surface area contributed by atoms with Gasteiger partial charge in [0.25, 0.3) is 0 Å². The van der Waals surface area contributed by atoms with E-state index in [1.807, 2.05) is 0 Å². The number of amides is 1. The summed E-state index contributed by atoms with van der Waals surface area (Å²) in [5.74, 6) is -3.15.